The summed E-state index contributed by atoms with van der Waals surface area (Å²) in [6.45, 7) is 12.6. The van der Waals surface area contributed by atoms with Gasteiger partial charge in [-0.05, 0) is 43.9 Å². The molecule has 0 saturated heterocycles. The minimum Gasteiger partial charge on any atom is -0.381 e. The van der Waals surface area contributed by atoms with Crippen molar-refractivity contribution < 1.29 is 14.3 Å². The fraction of sp³-hybridized carbons (Fsp3) is 0.810. The number of rotatable bonds is 2. The first-order chi connectivity index (χ1) is 11.2. The fourth-order valence-corrected chi connectivity index (χ4v) is 6.45. The Morgan fingerprint density at radius 1 is 1.21 bits per heavy atom. The summed E-state index contributed by atoms with van der Waals surface area (Å²) in [6, 6.07) is 0. The third-order valence-electron chi connectivity index (χ3n) is 8.32. The topological polar surface area (TPSA) is 43.4 Å². The predicted molar refractivity (Wildman–Crippen MR) is 94.6 cm³/mol. The number of carbonyl (C=O) groups excluding carboxylic acids is 2. The van der Waals surface area contributed by atoms with E-state index in [9.17, 15) is 9.59 Å². The number of ether oxygens (including phenoxy) is 1. The van der Waals surface area contributed by atoms with Crippen LogP contribution in [-0.2, 0) is 14.3 Å². The Hall–Kier alpha value is -0.960. The molecule has 0 aromatic carbocycles. The number of carbonyl (C=O) groups is 2. The Morgan fingerprint density at radius 2 is 1.88 bits per heavy atom. The SMILES string of the molecule is C=C[C@]1(C)C[C@@H](OC)[C@]2(C)[C@@H]3C(=O)CC[C@]3(CC[C@@H]2C)[C@@H](C)C1=O. The lowest BCUT2D eigenvalue weighted by Gasteiger charge is -2.60. The molecule has 3 fully saturated rings. The molecular weight excluding hydrogens is 300 g/mol. The highest BCUT2D eigenvalue weighted by Gasteiger charge is 2.67. The maximum atomic E-state index is 13.4. The molecule has 0 unspecified atom stereocenters. The van der Waals surface area contributed by atoms with Crippen molar-refractivity contribution in [3.63, 3.8) is 0 Å². The van der Waals surface area contributed by atoms with Crippen molar-refractivity contribution in [2.45, 2.75) is 65.9 Å². The van der Waals surface area contributed by atoms with Crippen LogP contribution in [0.2, 0.25) is 0 Å². The second-order valence-corrected chi connectivity index (χ2v) is 9.07. The zero-order valence-corrected chi connectivity index (χ0v) is 15.9. The van der Waals surface area contributed by atoms with Crippen molar-refractivity contribution >= 4 is 11.6 Å². The molecule has 3 aliphatic rings. The monoisotopic (exact) mass is 332 g/mol. The third kappa shape index (κ3) is 2.00. The average Bonchev–Trinajstić information content (AvgIpc) is 2.92. The van der Waals surface area contributed by atoms with Gasteiger partial charge in [0.25, 0.3) is 0 Å². The number of ketones is 2. The molecule has 24 heavy (non-hydrogen) atoms. The van der Waals surface area contributed by atoms with Crippen molar-refractivity contribution in [2.75, 3.05) is 7.11 Å². The molecule has 2 bridgehead atoms. The molecule has 3 heteroatoms. The van der Waals surface area contributed by atoms with Crippen LogP contribution >= 0.6 is 0 Å². The molecule has 0 N–H and O–H groups in total. The number of allylic oxidation sites excluding steroid dienone is 1. The van der Waals surface area contributed by atoms with Gasteiger partial charge in [-0.3, -0.25) is 9.59 Å². The Bertz CT molecular complexity index is 582. The van der Waals surface area contributed by atoms with Crippen molar-refractivity contribution in [3.8, 4) is 0 Å². The zero-order valence-electron chi connectivity index (χ0n) is 15.9. The highest BCUT2D eigenvalue weighted by molar-refractivity contribution is 5.92. The summed E-state index contributed by atoms with van der Waals surface area (Å²) in [4.78, 5) is 26.4. The van der Waals surface area contributed by atoms with Crippen molar-refractivity contribution in [1.29, 1.82) is 0 Å². The van der Waals surface area contributed by atoms with Gasteiger partial charge in [0.1, 0.15) is 11.6 Å². The molecule has 0 radical (unpaired) electrons. The smallest absolute Gasteiger partial charge is 0.145 e. The standard InChI is InChI=1S/C21H32O3/c1-7-19(4)12-16(24-6)20(5)13(2)8-10-21(14(3)18(19)23)11-9-15(22)17(20)21/h7,13-14,16-17H,1,8-12H2,2-6H3/t13-,14-,16+,17-,19+,20+,21+/m0/s1. The normalized spacial score (nSPS) is 51.7. The summed E-state index contributed by atoms with van der Waals surface area (Å²) in [5.41, 5.74) is -0.973. The molecule has 7 atom stereocenters. The van der Waals surface area contributed by atoms with Gasteiger partial charge in [0.05, 0.1) is 6.10 Å². The summed E-state index contributed by atoms with van der Waals surface area (Å²) in [7, 11) is 1.73. The van der Waals surface area contributed by atoms with E-state index in [1.807, 2.05) is 13.0 Å². The highest BCUT2D eigenvalue weighted by atomic mass is 16.5. The van der Waals surface area contributed by atoms with E-state index in [4.69, 9.17) is 4.74 Å². The lowest BCUT2D eigenvalue weighted by Crippen LogP contribution is -2.61. The first-order valence-corrected chi connectivity index (χ1v) is 9.41. The van der Waals surface area contributed by atoms with Crippen LogP contribution in [0.5, 0.6) is 0 Å². The molecule has 0 aliphatic heterocycles. The van der Waals surface area contributed by atoms with Gasteiger partial charge in [-0.1, -0.05) is 26.8 Å². The van der Waals surface area contributed by atoms with Gasteiger partial charge in [0.15, 0.2) is 0 Å². The van der Waals surface area contributed by atoms with E-state index in [0.717, 1.165) is 19.3 Å². The van der Waals surface area contributed by atoms with E-state index < -0.39 is 5.41 Å². The van der Waals surface area contributed by atoms with Gasteiger partial charge in [-0.25, -0.2) is 0 Å². The Morgan fingerprint density at radius 3 is 2.46 bits per heavy atom. The summed E-state index contributed by atoms with van der Waals surface area (Å²) in [5, 5.41) is 0. The van der Waals surface area contributed by atoms with E-state index in [1.54, 1.807) is 7.11 Å². The highest BCUT2D eigenvalue weighted by Crippen LogP contribution is 2.67. The van der Waals surface area contributed by atoms with E-state index in [0.29, 0.717) is 24.5 Å². The minimum absolute atomic E-state index is 0.0491. The molecule has 3 aliphatic carbocycles. The molecule has 0 aromatic rings. The molecule has 134 valence electrons. The van der Waals surface area contributed by atoms with Crippen LogP contribution < -0.4 is 0 Å². The van der Waals surface area contributed by atoms with Crippen LogP contribution in [0.25, 0.3) is 0 Å². The van der Waals surface area contributed by atoms with E-state index in [1.165, 1.54) is 0 Å². The fourth-order valence-electron chi connectivity index (χ4n) is 6.45. The second kappa shape index (κ2) is 5.52. The van der Waals surface area contributed by atoms with Crippen LogP contribution in [0.3, 0.4) is 0 Å². The third-order valence-corrected chi connectivity index (χ3v) is 8.32. The van der Waals surface area contributed by atoms with Gasteiger partial charge < -0.3 is 4.74 Å². The van der Waals surface area contributed by atoms with Gasteiger partial charge >= 0.3 is 0 Å². The van der Waals surface area contributed by atoms with Crippen LogP contribution in [-0.4, -0.2) is 24.8 Å². The van der Waals surface area contributed by atoms with Crippen molar-refractivity contribution in [2.24, 2.45) is 34.0 Å². The van der Waals surface area contributed by atoms with Crippen molar-refractivity contribution in [1.82, 2.24) is 0 Å². The summed E-state index contributed by atoms with van der Waals surface area (Å²) < 4.78 is 5.97. The van der Waals surface area contributed by atoms with Gasteiger partial charge in [0.2, 0.25) is 0 Å². The second-order valence-electron chi connectivity index (χ2n) is 9.07. The Kier molecular flexibility index (Phi) is 4.11. The lowest BCUT2D eigenvalue weighted by atomic mass is 9.44. The molecule has 0 aromatic heterocycles. The lowest BCUT2D eigenvalue weighted by molar-refractivity contribution is -0.180. The quantitative estimate of drug-likeness (QED) is 0.712. The summed E-state index contributed by atoms with van der Waals surface area (Å²) >= 11 is 0. The minimum atomic E-state index is -0.581. The molecule has 3 rings (SSSR count). The average molecular weight is 332 g/mol. The first kappa shape index (κ1) is 17.8. The summed E-state index contributed by atoms with van der Waals surface area (Å²) in [5.74, 6) is 0.870. The summed E-state index contributed by atoms with van der Waals surface area (Å²) in [6.07, 6.45) is 5.87. The van der Waals surface area contributed by atoms with E-state index in [2.05, 4.69) is 27.4 Å². The number of methoxy groups -OCH3 is 1. The Labute approximate surface area is 146 Å². The maximum absolute atomic E-state index is 13.4. The van der Waals surface area contributed by atoms with Gasteiger partial charge in [0, 0.05) is 36.2 Å². The number of hydrogen-bond donors (Lipinski definition) is 0. The van der Waals surface area contributed by atoms with Gasteiger partial charge in [-0.15, -0.1) is 6.58 Å². The zero-order chi connectivity index (χ0) is 17.9. The Balaban J connectivity index is 2.24. The number of Topliss-reactive ketones (excluding diaryl/α,β-unsaturated/α-hetero) is 2. The van der Waals surface area contributed by atoms with Crippen LogP contribution in [0, 0.1) is 34.0 Å². The molecule has 0 heterocycles. The van der Waals surface area contributed by atoms with E-state index >= 15 is 0 Å². The largest absolute Gasteiger partial charge is 0.381 e. The maximum Gasteiger partial charge on any atom is 0.145 e. The van der Waals surface area contributed by atoms with Crippen molar-refractivity contribution in [3.05, 3.63) is 12.7 Å². The predicted octanol–water partition coefficient (Wildman–Crippen LogP) is 4.20. The van der Waals surface area contributed by atoms with Crippen LogP contribution in [0.1, 0.15) is 59.8 Å². The molecule has 3 nitrogen and oxygen atoms in total. The number of hydrogen-bond acceptors (Lipinski definition) is 3. The molecular formula is C21H32O3. The van der Waals surface area contributed by atoms with Crippen LogP contribution in [0.15, 0.2) is 12.7 Å². The van der Waals surface area contributed by atoms with Crippen LogP contribution in [0.4, 0.5) is 0 Å². The van der Waals surface area contributed by atoms with Gasteiger partial charge in [-0.2, -0.15) is 0 Å². The molecule has 3 saturated carbocycles. The first-order valence-electron chi connectivity index (χ1n) is 9.41. The molecule has 0 spiro atoms. The molecule has 0 amide bonds. The van der Waals surface area contributed by atoms with E-state index in [-0.39, 0.29) is 34.6 Å².